The second kappa shape index (κ2) is 4.32. The summed E-state index contributed by atoms with van der Waals surface area (Å²) >= 11 is 0. The number of hydrogen-bond acceptors (Lipinski definition) is 3. The summed E-state index contributed by atoms with van der Waals surface area (Å²) in [6.45, 7) is 4.78. The minimum absolute atomic E-state index is 0.252. The van der Waals surface area contributed by atoms with Crippen LogP contribution in [0, 0.1) is 17.8 Å². The molecular weight excluding hydrogens is 262 g/mol. The molecule has 0 amide bonds. The maximum Gasteiger partial charge on any atom is 0.0840 e. The molecule has 1 aromatic heterocycles. The highest BCUT2D eigenvalue weighted by Gasteiger charge is 2.60. The Morgan fingerprint density at radius 3 is 3.10 bits per heavy atom. The van der Waals surface area contributed by atoms with Gasteiger partial charge < -0.3 is 9.64 Å². The van der Waals surface area contributed by atoms with Gasteiger partial charge in [0.25, 0.3) is 0 Å². The Kier molecular flexibility index (Phi) is 2.61. The monoisotopic (exact) mass is 287 g/mol. The van der Waals surface area contributed by atoms with Crippen molar-refractivity contribution >= 4 is 0 Å². The molecule has 1 spiro atoms. The Bertz CT molecular complexity index is 556. The molecular formula is C17H25N3O. The van der Waals surface area contributed by atoms with Gasteiger partial charge in [0.05, 0.1) is 18.4 Å². The number of piperidine rings is 1. The Morgan fingerprint density at radius 1 is 1.43 bits per heavy atom. The van der Waals surface area contributed by atoms with Gasteiger partial charge in [0.1, 0.15) is 0 Å². The fraction of sp³-hybridized carbons (Fsp3) is 0.824. The molecule has 1 aromatic rings. The fourth-order valence-electron chi connectivity index (χ4n) is 4.99. The van der Waals surface area contributed by atoms with Crippen molar-refractivity contribution in [3.63, 3.8) is 0 Å². The summed E-state index contributed by atoms with van der Waals surface area (Å²) in [5.41, 5.74) is 1.69. The van der Waals surface area contributed by atoms with Crippen LogP contribution in [0.2, 0.25) is 0 Å². The van der Waals surface area contributed by atoms with E-state index in [0.717, 1.165) is 30.3 Å². The lowest BCUT2D eigenvalue weighted by Gasteiger charge is -2.41. The van der Waals surface area contributed by atoms with Gasteiger partial charge in [-0.15, -0.1) is 0 Å². The third kappa shape index (κ3) is 2.07. The maximum atomic E-state index is 6.24. The standard InChI is InChI=1S/C17H25N3O/c1-19-8-14(7-18-19)15-5-12(15)9-20-4-2-3-17(11-20)16-6-13(16)10-21-17/h7-8,12-13,15-16H,2-6,9-11H2,1H3/t12-,13-,15+,16-,17?/m0/s1. The van der Waals surface area contributed by atoms with Crippen LogP contribution < -0.4 is 0 Å². The first-order valence-corrected chi connectivity index (χ1v) is 8.58. The largest absolute Gasteiger partial charge is 0.373 e. The zero-order valence-corrected chi connectivity index (χ0v) is 12.9. The third-order valence-electron chi connectivity index (χ3n) is 6.32. The number of ether oxygens (including phenoxy) is 1. The number of nitrogens with zero attached hydrogens (tertiary/aromatic N) is 3. The molecule has 0 radical (unpaired) electrons. The average molecular weight is 287 g/mol. The highest BCUT2D eigenvalue weighted by molar-refractivity contribution is 5.20. The summed E-state index contributed by atoms with van der Waals surface area (Å²) in [7, 11) is 2.01. The SMILES string of the molecule is Cn1cc([C@@H]2C[C@H]2CN2CCCC3(C2)OC[C@@H]2C[C@@H]23)cn1. The van der Waals surface area contributed by atoms with Crippen LogP contribution in [0.5, 0.6) is 0 Å². The predicted molar refractivity (Wildman–Crippen MR) is 80.0 cm³/mol. The van der Waals surface area contributed by atoms with Crippen molar-refractivity contribution in [1.29, 1.82) is 0 Å². The van der Waals surface area contributed by atoms with E-state index in [2.05, 4.69) is 22.4 Å². The summed E-state index contributed by atoms with van der Waals surface area (Å²) in [5.74, 6) is 3.41. The molecule has 4 fully saturated rings. The molecule has 0 aromatic carbocycles. The number of hydrogen-bond donors (Lipinski definition) is 0. The number of rotatable bonds is 3. The smallest absolute Gasteiger partial charge is 0.0840 e. The molecule has 2 saturated carbocycles. The van der Waals surface area contributed by atoms with Crippen LogP contribution in [-0.4, -0.2) is 46.5 Å². The fourth-order valence-corrected chi connectivity index (χ4v) is 4.99. The van der Waals surface area contributed by atoms with Crippen molar-refractivity contribution in [1.82, 2.24) is 14.7 Å². The third-order valence-corrected chi connectivity index (χ3v) is 6.32. The first-order chi connectivity index (χ1) is 10.2. The molecule has 2 saturated heterocycles. The molecule has 1 unspecified atom stereocenters. The Balaban J connectivity index is 1.22. The van der Waals surface area contributed by atoms with Gasteiger partial charge in [-0.3, -0.25) is 4.68 Å². The van der Waals surface area contributed by atoms with Crippen LogP contribution in [0.15, 0.2) is 12.4 Å². The van der Waals surface area contributed by atoms with Gasteiger partial charge in [-0.2, -0.15) is 5.10 Å². The van der Waals surface area contributed by atoms with E-state index in [1.807, 2.05) is 11.7 Å². The summed E-state index contributed by atoms with van der Waals surface area (Å²) in [4.78, 5) is 2.70. The summed E-state index contributed by atoms with van der Waals surface area (Å²) in [5, 5.41) is 4.32. The van der Waals surface area contributed by atoms with Crippen molar-refractivity contribution in [3.05, 3.63) is 18.0 Å². The second-order valence-corrected chi connectivity index (χ2v) is 7.87. The van der Waals surface area contributed by atoms with Crippen molar-refractivity contribution < 1.29 is 4.74 Å². The van der Waals surface area contributed by atoms with Crippen molar-refractivity contribution in [2.45, 2.75) is 37.2 Å². The van der Waals surface area contributed by atoms with E-state index in [9.17, 15) is 0 Å². The Morgan fingerprint density at radius 2 is 2.38 bits per heavy atom. The lowest BCUT2D eigenvalue weighted by atomic mass is 9.88. The lowest BCUT2D eigenvalue weighted by Crippen LogP contribution is -2.50. The molecule has 4 heteroatoms. The first kappa shape index (κ1) is 12.7. The van der Waals surface area contributed by atoms with Gasteiger partial charge in [-0.1, -0.05) is 0 Å². The van der Waals surface area contributed by atoms with Gasteiger partial charge in [0.2, 0.25) is 0 Å². The molecule has 4 nitrogen and oxygen atoms in total. The molecule has 3 heterocycles. The minimum atomic E-state index is 0.252. The van der Waals surface area contributed by atoms with Crippen LogP contribution in [0.25, 0.3) is 0 Å². The molecule has 0 bridgehead atoms. The Labute approximate surface area is 126 Å². The maximum absolute atomic E-state index is 6.24. The van der Waals surface area contributed by atoms with E-state index < -0.39 is 0 Å². The van der Waals surface area contributed by atoms with E-state index in [4.69, 9.17) is 4.74 Å². The van der Waals surface area contributed by atoms with Gasteiger partial charge in [0, 0.05) is 26.3 Å². The van der Waals surface area contributed by atoms with E-state index in [0.29, 0.717) is 0 Å². The van der Waals surface area contributed by atoms with E-state index in [1.54, 1.807) is 0 Å². The highest BCUT2D eigenvalue weighted by Crippen LogP contribution is 2.57. The van der Waals surface area contributed by atoms with Gasteiger partial charge in [0.15, 0.2) is 0 Å². The van der Waals surface area contributed by atoms with E-state index >= 15 is 0 Å². The zero-order valence-electron chi connectivity index (χ0n) is 12.9. The van der Waals surface area contributed by atoms with Crippen LogP contribution in [0.1, 0.15) is 37.2 Å². The number of aromatic nitrogens is 2. The Hall–Kier alpha value is -0.870. The normalized spacial score (nSPS) is 45.0. The topological polar surface area (TPSA) is 30.3 Å². The minimum Gasteiger partial charge on any atom is -0.373 e. The summed E-state index contributed by atoms with van der Waals surface area (Å²) in [6.07, 6.45) is 9.67. The predicted octanol–water partition coefficient (Wildman–Crippen LogP) is 2.02. The van der Waals surface area contributed by atoms with Crippen LogP contribution >= 0.6 is 0 Å². The highest BCUT2D eigenvalue weighted by atomic mass is 16.5. The van der Waals surface area contributed by atoms with E-state index in [-0.39, 0.29) is 5.60 Å². The zero-order chi connectivity index (χ0) is 14.0. The van der Waals surface area contributed by atoms with Crippen LogP contribution in [0.4, 0.5) is 0 Å². The van der Waals surface area contributed by atoms with E-state index in [1.165, 1.54) is 50.9 Å². The van der Waals surface area contributed by atoms with Crippen LogP contribution in [-0.2, 0) is 11.8 Å². The lowest BCUT2D eigenvalue weighted by molar-refractivity contribution is -0.0749. The molecule has 5 atom stereocenters. The summed E-state index contributed by atoms with van der Waals surface area (Å²) < 4.78 is 8.17. The number of aryl methyl sites for hydroxylation is 1. The molecule has 2 aliphatic heterocycles. The quantitative estimate of drug-likeness (QED) is 0.852. The van der Waals surface area contributed by atoms with Gasteiger partial charge in [-0.05, 0) is 61.5 Å². The molecule has 5 rings (SSSR count). The molecule has 114 valence electrons. The molecule has 21 heavy (non-hydrogen) atoms. The molecule has 4 aliphatic rings. The van der Waals surface area contributed by atoms with Crippen LogP contribution in [0.3, 0.4) is 0 Å². The summed E-state index contributed by atoms with van der Waals surface area (Å²) in [6, 6.07) is 0. The van der Waals surface area contributed by atoms with Crippen molar-refractivity contribution in [2.75, 3.05) is 26.2 Å². The molecule has 0 N–H and O–H groups in total. The number of likely N-dealkylation sites (tertiary alicyclic amines) is 1. The van der Waals surface area contributed by atoms with Crippen molar-refractivity contribution in [3.8, 4) is 0 Å². The van der Waals surface area contributed by atoms with Crippen molar-refractivity contribution in [2.24, 2.45) is 24.8 Å². The second-order valence-electron chi connectivity index (χ2n) is 7.87. The number of fused-ring (bicyclic) bond motifs is 2. The van der Waals surface area contributed by atoms with Gasteiger partial charge >= 0.3 is 0 Å². The average Bonchev–Trinajstić information content (AvgIpc) is 3.35. The first-order valence-electron chi connectivity index (χ1n) is 8.58. The molecule has 2 aliphatic carbocycles. The van der Waals surface area contributed by atoms with Gasteiger partial charge in [-0.25, -0.2) is 0 Å².